The molecule has 0 saturated carbocycles. The average molecular weight is 443 g/mol. The van der Waals surface area contributed by atoms with Gasteiger partial charge in [-0.2, -0.15) is 0 Å². The van der Waals surface area contributed by atoms with Gasteiger partial charge in [0.25, 0.3) is 0 Å². The van der Waals surface area contributed by atoms with Crippen LogP contribution in [0.5, 0.6) is 0 Å². The fourth-order valence-electron chi connectivity index (χ4n) is 4.35. The molecule has 0 fully saturated rings. The molecule has 0 radical (unpaired) electrons. The molecule has 2 unspecified atom stereocenters. The molecule has 2 atom stereocenters. The number of aliphatic hydroxyl groups is 2. The van der Waals surface area contributed by atoms with Crippen LogP contribution in [0.3, 0.4) is 0 Å². The van der Waals surface area contributed by atoms with E-state index in [9.17, 15) is 15.0 Å². The summed E-state index contributed by atoms with van der Waals surface area (Å²) in [5, 5.41) is 19.8. The molecular weight excluding hydrogens is 388 g/mol. The summed E-state index contributed by atoms with van der Waals surface area (Å²) in [5.74, 6) is -0.229. The standard InChI is InChI=1S/C27H54O4/c1-4-7-9-11-12-13-14-15-16-17-18-19-20-22-26(30)31-27(6-3,25(29)24-28)23-21-10-8-5-2/h25,28-29H,4-24H2,1-3H3. The minimum atomic E-state index is -1.00. The lowest BCUT2D eigenvalue weighted by molar-refractivity contribution is -0.180. The number of carbonyl (C=O) groups excluding carboxylic acids is 1. The normalized spacial score (nSPS) is 14.4. The number of ether oxygens (including phenoxy) is 1. The van der Waals surface area contributed by atoms with E-state index in [-0.39, 0.29) is 12.6 Å². The molecule has 0 aromatic heterocycles. The van der Waals surface area contributed by atoms with Gasteiger partial charge in [-0.15, -0.1) is 0 Å². The maximum atomic E-state index is 12.4. The lowest BCUT2D eigenvalue weighted by Crippen LogP contribution is -2.48. The second-order valence-corrected chi connectivity index (χ2v) is 9.39. The molecule has 0 aliphatic rings. The van der Waals surface area contributed by atoms with E-state index in [4.69, 9.17) is 4.74 Å². The molecule has 0 amide bonds. The van der Waals surface area contributed by atoms with Crippen LogP contribution >= 0.6 is 0 Å². The summed E-state index contributed by atoms with van der Waals surface area (Å²) in [5.41, 5.74) is -0.934. The molecule has 0 rings (SSSR count). The molecule has 4 heteroatoms. The van der Waals surface area contributed by atoms with Crippen molar-refractivity contribution in [3.8, 4) is 0 Å². The Morgan fingerprint density at radius 1 is 0.710 bits per heavy atom. The Balaban J connectivity index is 3.92. The summed E-state index contributed by atoms with van der Waals surface area (Å²) in [7, 11) is 0. The molecule has 0 saturated heterocycles. The maximum absolute atomic E-state index is 12.4. The van der Waals surface area contributed by atoms with E-state index >= 15 is 0 Å². The van der Waals surface area contributed by atoms with E-state index < -0.39 is 11.7 Å². The first-order valence-corrected chi connectivity index (χ1v) is 13.6. The van der Waals surface area contributed by atoms with Crippen molar-refractivity contribution in [3.05, 3.63) is 0 Å². The summed E-state index contributed by atoms with van der Waals surface area (Å²) in [6, 6.07) is 0. The molecule has 0 spiro atoms. The SMILES string of the molecule is CCCCCCCCCCCCCCCC(=O)OC(CC)(CCCCCC)C(O)CO. The van der Waals surface area contributed by atoms with Crippen molar-refractivity contribution in [1.29, 1.82) is 0 Å². The van der Waals surface area contributed by atoms with Crippen LogP contribution in [0.15, 0.2) is 0 Å². The zero-order valence-corrected chi connectivity index (χ0v) is 21.1. The van der Waals surface area contributed by atoms with Crippen LogP contribution in [0.1, 0.15) is 149 Å². The van der Waals surface area contributed by atoms with Gasteiger partial charge in [0.1, 0.15) is 11.7 Å². The second kappa shape index (κ2) is 21.2. The van der Waals surface area contributed by atoms with E-state index in [0.717, 1.165) is 38.5 Å². The van der Waals surface area contributed by atoms with Gasteiger partial charge < -0.3 is 14.9 Å². The van der Waals surface area contributed by atoms with E-state index in [1.807, 2.05) is 6.92 Å². The van der Waals surface area contributed by atoms with Crippen molar-refractivity contribution in [3.63, 3.8) is 0 Å². The van der Waals surface area contributed by atoms with E-state index in [1.165, 1.54) is 70.6 Å². The number of rotatable bonds is 23. The van der Waals surface area contributed by atoms with Crippen LogP contribution in [0.2, 0.25) is 0 Å². The van der Waals surface area contributed by atoms with Gasteiger partial charge in [-0.3, -0.25) is 4.79 Å². The monoisotopic (exact) mass is 442 g/mol. The quantitative estimate of drug-likeness (QED) is 0.127. The van der Waals surface area contributed by atoms with Crippen molar-refractivity contribution in [1.82, 2.24) is 0 Å². The highest BCUT2D eigenvalue weighted by atomic mass is 16.6. The number of hydrogen-bond acceptors (Lipinski definition) is 4. The Morgan fingerprint density at radius 3 is 1.55 bits per heavy atom. The van der Waals surface area contributed by atoms with Gasteiger partial charge in [0, 0.05) is 6.42 Å². The molecule has 4 nitrogen and oxygen atoms in total. The Labute approximate surface area is 193 Å². The maximum Gasteiger partial charge on any atom is 0.306 e. The largest absolute Gasteiger partial charge is 0.456 e. The lowest BCUT2D eigenvalue weighted by Gasteiger charge is -2.36. The highest BCUT2D eigenvalue weighted by Crippen LogP contribution is 2.29. The highest BCUT2D eigenvalue weighted by molar-refractivity contribution is 5.70. The average Bonchev–Trinajstić information content (AvgIpc) is 2.78. The summed E-state index contributed by atoms with van der Waals surface area (Å²) < 4.78 is 5.78. The smallest absolute Gasteiger partial charge is 0.306 e. The van der Waals surface area contributed by atoms with E-state index in [0.29, 0.717) is 19.3 Å². The number of hydrogen-bond donors (Lipinski definition) is 2. The third kappa shape index (κ3) is 15.8. The first-order valence-electron chi connectivity index (χ1n) is 13.6. The van der Waals surface area contributed by atoms with Crippen molar-refractivity contribution < 1.29 is 19.7 Å². The molecule has 2 N–H and O–H groups in total. The zero-order chi connectivity index (χ0) is 23.2. The number of esters is 1. The molecule has 0 bridgehead atoms. The summed E-state index contributed by atoms with van der Waals surface area (Å²) in [6.45, 7) is 5.98. The molecule has 31 heavy (non-hydrogen) atoms. The van der Waals surface area contributed by atoms with Gasteiger partial charge in [0.15, 0.2) is 0 Å². The molecule has 0 aromatic rings. The highest BCUT2D eigenvalue weighted by Gasteiger charge is 2.39. The van der Waals surface area contributed by atoms with Crippen molar-refractivity contribution in [2.45, 2.75) is 161 Å². The molecule has 0 heterocycles. The van der Waals surface area contributed by atoms with Crippen LogP contribution in [-0.2, 0) is 9.53 Å². The molecule has 0 aromatic carbocycles. The summed E-state index contributed by atoms with van der Waals surface area (Å²) >= 11 is 0. The Kier molecular flexibility index (Phi) is 20.8. The molecule has 0 aliphatic carbocycles. The van der Waals surface area contributed by atoms with Gasteiger partial charge in [0.05, 0.1) is 6.61 Å². The van der Waals surface area contributed by atoms with Crippen LogP contribution in [0.25, 0.3) is 0 Å². The number of unbranched alkanes of at least 4 members (excludes halogenated alkanes) is 15. The number of carbonyl (C=O) groups is 1. The minimum Gasteiger partial charge on any atom is -0.456 e. The van der Waals surface area contributed by atoms with Gasteiger partial charge in [0.2, 0.25) is 0 Å². The van der Waals surface area contributed by atoms with Gasteiger partial charge in [-0.1, -0.05) is 117 Å². The lowest BCUT2D eigenvalue weighted by atomic mass is 9.87. The predicted octanol–water partition coefficient (Wildman–Crippen LogP) is 7.48. The van der Waals surface area contributed by atoms with Crippen LogP contribution in [0.4, 0.5) is 0 Å². The fraction of sp³-hybridized carbons (Fsp3) is 0.963. The van der Waals surface area contributed by atoms with E-state index in [1.54, 1.807) is 0 Å². The van der Waals surface area contributed by atoms with E-state index in [2.05, 4.69) is 13.8 Å². The Bertz CT molecular complexity index is 399. The Morgan fingerprint density at radius 2 is 1.13 bits per heavy atom. The van der Waals surface area contributed by atoms with Gasteiger partial charge in [-0.05, 0) is 25.7 Å². The minimum absolute atomic E-state index is 0.229. The van der Waals surface area contributed by atoms with Crippen LogP contribution in [0, 0.1) is 0 Å². The molecule has 186 valence electrons. The topological polar surface area (TPSA) is 66.8 Å². The van der Waals surface area contributed by atoms with Crippen molar-refractivity contribution in [2.75, 3.05) is 6.61 Å². The van der Waals surface area contributed by atoms with Gasteiger partial charge >= 0.3 is 5.97 Å². The molecular formula is C27H54O4. The first-order chi connectivity index (χ1) is 15.1. The molecule has 0 aliphatic heterocycles. The van der Waals surface area contributed by atoms with Crippen LogP contribution < -0.4 is 0 Å². The van der Waals surface area contributed by atoms with Gasteiger partial charge in [-0.25, -0.2) is 0 Å². The second-order valence-electron chi connectivity index (χ2n) is 9.39. The third-order valence-corrected chi connectivity index (χ3v) is 6.63. The zero-order valence-electron chi connectivity index (χ0n) is 21.1. The summed E-state index contributed by atoms with van der Waals surface area (Å²) in [6.07, 6.45) is 21.4. The van der Waals surface area contributed by atoms with Crippen molar-refractivity contribution in [2.24, 2.45) is 0 Å². The predicted molar refractivity (Wildman–Crippen MR) is 131 cm³/mol. The van der Waals surface area contributed by atoms with Crippen molar-refractivity contribution >= 4 is 5.97 Å². The number of aliphatic hydroxyl groups excluding tert-OH is 2. The third-order valence-electron chi connectivity index (χ3n) is 6.63. The Hall–Kier alpha value is -0.610. The summed E-state index contributed by atoms with van der Waals surface area (Å²) in [4.78, 5) is 12.4. The fourth-order valence-corrected chi connectivity index (χ4v) is 4.35. The van der Waals surface area contributed by atoms with Crippen LogP contribution in [-0.4, -0.2) is 34.5 Å². The first kappa shape index (κ1) is 30.4.